The Hall–Kier alpha value is -3.52. The van der Waals surface area contributed by atoms with Crippen LogP contribution in [-0.4, -0.2) is 76.6 Å². The van der Waals surface area contributed by atoms with Crippen LogP contribution in [0.15, 0.2) is 42.5 Å². The van der Waals surface area contributed by atoms with E-state index in [2.05, 4.69) is 4.98 Å². The van der Waals surface area contributed by atoms with Crippen molar-refractivity contribution in [2.45, 2.75) is 31.3 Å². The van der Waals surface area contributed by atoms with Crippen LogP contribution in [0.25, 0.3) is 10.9 Å². The molecule has 1 aromatic heterocycles. The number of aromatic hydroxyl groups is 1. The Labute approximate surface area is 204 Å². The van der Waals surface area contributed by atoms with Gasteiger partial charge in [-0.15, -0.1) is 0 Å². The zero-order valence-electron chi connectivity index (χ0n) is 20.0. The highest BCUT2D eigenvalue weighted by atomic mass is 16.5. The molecule has 2 N–H and O–H groups in total. The third kappa shape index (κ3) is 3.82. The van der Waals surface area contributed by atoms with Gasteiger partial charge in [-0.05, 0) is 74.3 Å². The Morgan fingerprint density at radius 2 is 1.97 bits per heavy atom. The number of likely N-dealkylation sites (N-methyl/N-ethyl adjacent to an activating group) is 1. The molecule has 2 fully saturated rings. The number of amides is 3. The molecule has 1 aliphatic carbocycles. The van der Waals surface area contributed by atoms with Gasteiger partial charge in [0.15, 0.2) is 0 Å². The quantitative estimate of drug-likeness (QED) is 0.512. The predicted molar refractivity (Wildman–Crippen MR) is 131 cm³/mol. The molecule has 2 atom stereocenters. The standard InChI is InChI=1S/C27H30N4O4/c1-29(2)10-11-30-26(33)23-14-21-20-13-19(35-15-16-6-7-16)8-9-22(20)28-24(21)25(31(23)27(30)34)17-4-3-5-18(32)12-17/h3-5,8-9,12-13,16,23,25,28,32H,6-7,10-11,14-15H2,1-2H3. The SMILES string of the molecule is CN(C)CCN1C(=O)C2Cc3c([nH]c4ccc(OCC5CC5)cc34)C(c3cccc(O)c3)N2C1=O. The van der Waals surface area contributed by atoms with Crippen molar-refractivity contribution in [3.8, 4) is 11.5 Å². The van der Waals surface area contributed by atoms with Crippen molar-refractivity contribution in [3.63, 3.8) is 0 Å². The van der Waals surface area contributed by atoms with E-state index in [0.29, 0.717) is 25.4 Å². The van der Waals surface area contributed by atoms with Gasteiger partial charge in [0.2, 0.25) is 0 Å². The Morgan fingerprint density at radius 1 is 1.14 bits per heavy atom. The summed E-state index contributed by atoms with van der Waals surface area (Å²) in [6.45, 7) is 1.68. The first-order chi connectivity index (χ1) is 16.9. The number of aromatic nitrogens is 1. The molecule has 8 nitrogen and oxygen atoms in total. The molecule has 2 unspecified atom stereocenters. The summed E-state index contributed by atoms with van der Waals surface area (Å²) >= 11 is 0. The summed E-state index contributed by atoms with van der Waals surface area (Å²) in [6.07, 6.45) is 2.90. The highest BCUT2D eigenvalue weighted by molar-refractivity contribution is 6.05. The highest BCUT2D eigenvalue weighted by Crippen LogP contribution is 2.45. The van der Waals surface area contributed by atoms with E-state index in [-0.39, 0.29) is 17.7 Å². The fraction of sp³-hybridized carbons (Fsp3) is 0.407. The van der Waals surface area contributed by atoms with Gasteiger partial charge in [-0.3, -0.25) is 14.6 Å². The number of aromatic amines is 1. The number of phenols is 1. The van der Waals surface area contributed by atoms with E-state index >= 15 is 0 Å². The number of carbonyl (C=O) groups excluding carboxylic acids is 2. The molecular formula is C27H30N4O4. The number of ether oxygens (including phenoxy) is 1. The fourth-order valence-corrected chi connectivity index (χ4v) is 5.29. The summed E-state index contributed by atoms with van der Waals surface area (Å²) in [6, 6.07) is 11.6. The van der Waals surface area contributed by atoms with Gasteiger partial charge >= 0.3 is 6.03 Å². The minimum atomic E-state index is -0.584. The number of nitrogens with one attached hydrogen (secondary N) is 1. The molecule has 0 spiro atoms. The molecule has 3 aliphatic rings. The van der Waals surface area contributed by atoms with E-state index in [4.69, 9.17) is 4.74 Å². The Bertz CT molecular complexity index is 1310. The number of rotatable bonds is 7. The number of fused-ring (bicyclic) bond motifs is 4. The zero-order valence-corrected chi connectivity index (χ0v) is 20.0. The normalized spacial score (nSPS) is 21.7. The molecule has 0 bridgehead atoms. The number of imide groups is 1. The Balaban J connectivity index is 1.44. The first-order valence-corrected chi connectivity index (χ1v) is 12.3. The van der Waals surface area contributed by atoms with Crippen LogP contribution in [0.2, 0.25) is 0 Å². The number of urea groups is 1. The smallest absolute Gasteiger partial charge is 0.328 e. The Kier molecular flexibility index (Phi) is 5.21. The number of hydrogen-bond donors (Lipinski definition) is 2. The van der Waals surface area contributed by atoms with E-state index in [9.17, 15) is 14.7 Å². The molecule has 6 rings (SSSR count). The lowest BCUT2D eigenvalue weighted by Crippen LogP contribution is -2.44. The van der Waals surface area contributed by atoms with E-state index in [0.717, 1.165) is 40.1 Å². The van der Waals surface area contributed by atoms with Crippen molar-refractivity contribution < 1.29 is 19.4 Å². The maximum absolute atomic E-state index is 13.6. The molecular weight excluding hydrogens is 444 g/mol. The third-order valence-corrected chi connectivity index (χ3v) is 7.34. The lowest BCUT2D eigenvalue weighted by atomic mass is 9.89. The number of nitrogens with zero attached hydrogens (tertiary/aromatic N) is 3. The number of carbonyl (C=O) groups is 2. The van der Waals surface area contributed by atoms with Crippen LogP contribution >= 0.6 is 0 Å². The molecule has 8 heteroatoms. The van der Waals surface area contributed by atoms with Crippen LogP contribution in [0.1, 0.15) is 35.7 Å². The van der Waals surface area contributed by atoms with Gasteiger partial charge in [0.05, 0.1) is 6.61 Å². The summed E-state index contributed by atoms with van der Waals surface area (Å²) < 4.78 is 6.03. The second-order valence-electron chi connectivity index (χ2n) is 10.2. The van der Waals surface area contributed by atoms with Crippen molar-refractivity contribution in [2.75, 3.05) is 33.8 Å². The van der Waals surface area contributed by atoms with E-state index in [1.54, 1.807) is 23.1 Å². The maximum atomic E-state index is 13.6. The topological polar surface area (TPSA) is 89.1 Å². The molecule has 182 valence electrons. The number of benzene rings is 2. The maximum Gasteiger partial charge on any atom is 0.328 e. The van der Waals surface area contributed by atoms with Gasteiger partial charge in [-0.1, -0.05) is 12.1 Å². The summed E-state index contributed by atoms with van der Waals surface area (Å²) in [4.78, 5) is 35.6. The lowest BCUT2D eigenvalue weighted by Gasteiger charge is -2.36. The van der Waals surface area contributed by atoms with Gasteiger partial charge < -0.3 is 19.7 Å². The van der Waals surface area contributed by atoms with Gasteiger partial charge in [0, 0.05) is 36.1 Å². The second kappa shape index (κ2) is 8.30. The Morgan fingerprint density at radius 3 is 2.71 bits per heavy atom. The lowest BCUT2D eigenvalue weighted by molar-refractivity contribution is -0.128. The average Bonchev–Trinajstić information content (AvgIpc) is 3.55. The summed E-state index contributed by atoms with van der Waals surface area (Å²) in [5.41, 5.74) is 3.63. The number of H-pyrrole nitrogens is 1. The van der Waals surface area contributed by atoms with Crippen LogP contribution in [-0.2, 0) is 11.2 Å². The molecule has 3 amide bonds. The van der Waals surface area contributed by atoms with Crippen molar-refractivity contribution in [3.05, 3.63) is 59.3 Å². The van der Waals surface area contributed by atoms with Gasteiger partial charge in [-0.2, -0.15) is 0 Å². The van der Waals surface area contributed by atoms with Gasteiger partial charge in [0.25, 0.3) is 5.91 Å². The van der Waals surface area contributed by atoms with Crippen molar-refractivity contribution in [2.24, 2.45) is 5.92 Å². The van der Waals surface area contributed by atoms with Gasteiger partial charge in [0.1, 0.15) is 23.6 Å². The van der Waals surface area contributed by atoms with E-state index < -0.39 is 12.1 Å². The number of phenolic OH excluding ortho intramolecular Hbond substituents is 1. The molecule has 2 aliphatic heterocycles. The van der Waals surface area contributed by atoms with Gasteiger partial charge in [-0.25, -0.2) is 4.79 Å². The van der Waals surface area contributed by atoms with Crippen molar-refractivity contribution >= 4 is 22.8 Å². The van der Waals surface area contributed by atoms with Crippen molar-refractivity contribution in [1.29, 1.82) is 0 Å². The average molecular weight is 475 g/mol. The zero-order chi connectivity index (χ0) is 24.3. The first kappa shape index (κ1) is 22.0. The molecule has 0 radical (unpaired) electrons. The van der Waals surface area contributed by atoms with Crippen LogP contribution in [0.5, 0.6) is 11.5 Å². The minimum Gasteiger partial charge on any atom is -0.508 e. The van der Waals surface area contributed by atoms with Crippen LogP contribution < -0.4 is 4.74 Å². The summed E-state index contributed by atoms with van der Waals surface area (Å²) in [7, 11) is 3.85. The summed E-state index contributed by atoms with van der Waals surface area (Å²) in [5.74, 6) is 1.44. The summed E-state index contributed by atoms with van der Waals surface area (Å²) in [5, 5.41) is 11.2. The molecule has 2 aromatic carbocycles. The van der Waals surface area contributed by atoms with Crippen LogP contribution in [0.3, 0.4) is 0 Å². The molecule has 1 saturated carbocycles. The fourth-order valence-electron chi connectivity index (χ4n) is 5.29. The van der Waals surface area contributed by atoms with Crippen LogP contribution in [0, 0.1) is 5.92 Å². The van der Waals surface area contributed by atoms with Crippen LogP contribution in [0.4, 0.5) is 4.79 Å². The molecule has 3 heterocycles. The molecule has 1 saturated heterocycles. The monoisotopic (exact) mass is 474 g/mol. The predicted octanol–water partition coefficient (Wildman–Crippen LogP) is 3.50. The second-order valence-corrected chi connectivity index (χ2v) is 10.2. The van der Waals surface area contributed by atoms with E-state index in [1.165, 1.54) is 17.7 Å². The highest BCUT2D eigenvalue weighted by Gasteiger charge is 2.52. The molecule has 3 aromatic rings. The first-order valence-electron chi connectivity index (χ1n) is 12.3. The van der Waals surface area contributed by atoms with Crippen molar-refractivity contribution in [1.82, 2.24) is 19.7 Å². The number of hydrogen-bond acceptors (Lipinski definition) is 5. The molecule has 35 heavy (non-hydrogen) atoms. The largest absolute Gasteiger partial charge is 0.508 e. The third-order valence-electron chi connectivity index (χ3n) is 7.34. The minimum absolute atomic E-state index is 0.125. The van der Waals surface area contributed by atoms with E-state index in [1.807, 2.05) is 43.3 Å².